The standard InChI is InChI=1S/C14H17N3O2S/c1-4-12(20-14-16-15-9-17(14)2)13(18)10-5-7-11(19-3)8-6-10/h5-9,12H,4H2,1-3H3. The molecular weight excluding hydrogens is 274 g/mol. The summed E-state index contributed by atoms with van der Waals surface area (Å²) in [5.74, 6) is 0.846. The second kappa shape index (κ2) is 6.56. The molecule has 6 heteroatoms. The van der Waals surface area contributed by atoms with Crippen molar-refractivity contribution in [3.05, 3.63) is 36.2 Å². The lowest BCUT2D eigenvalue weighted by molar-refractivity contribution is 0.0988. The molecule has 0 aliphatic rings. The molecule has 0 spiro atoms. The quantitative estimate of drug-likeness (QED) is 0.605. The normalized spacial score (nSPS) is 12.2. The topological polar surface area (TPSA) is 57.0 Å². The Hall–Kier alpha value is -1.82. The van der Waals surface area contributed by atoms with Crippen LogP contribution in [0.3, 0.4) is 0 Å². The maximum atomic E-state index is 12.5. The molecule has 1 unspecified atom stereocenters. The first-order valence-corrected chi connectivity index (χ1v) is 7.22. The third kappa shape index (κ3) is 3.19. The summed E-state index contributed by atoms with van der Waals surface area (Å²) in [6.45, 7) is 2.00. The number of ketones is 1. The molecule has 106 valence electrons. The Morgan fingerprint density at radius 3 is 2.60 bits per heavy atom. The minimum atomic E-state index is -0.161. The van der Waals surface area contributed by atoms with Crippen LogP contribution in [0.15, 0.2) is 35.7 Å². The molecule has 0 saturated heterocycles. The molecule has 0 bridgehead atoms. The third-order valence-corrected chi connectivity index (χ3v) is 4.37. The van der Waals surface area contributed by atoms with Gasteiger partial charge in [0, 0.05) is 12.6 Å². The lowest BCUT2D eigenvalue weighted by Gasteiger charge is -2.12. The van der Waals surface area contributed by atoms with Gasteiger partial charge in [-0.3, -0.25) is 4.79 Å². The van der Waals surface area contributed by atoms with Gasteiger partial charge >= 0.3 is 0 Å². The maximum Gasteiger partial charge on any atom is 0.191 e. The van der Waals surface area contributed by atoms with E-state index in [9.17, 15) is 4.79 Å². The number of hydrogen-bond acceptors (Lipinski definition) is 5. The number of aryl methyl sites for hydroxylation is 1. The van der Waals surface area contributed by atoms with Crippen molar-refractivity contribution in [3.63, 3.8) is 0 Å². The van der Waals surface area contributed by atoms with Crippen LogP contribution >= 0.6 is 11.8 Å². The Bertz CT molecular complexity index is 580. The van der Waals surface area contributed by atoms with Crippen molar-refractivity contribution in [2.45, 2.75) is 23.8 Å². The number of ether oxygens (including phenoxy) is 1. The molecule has 0 saturated carbocycles. The van der Waals surface area contributed by atoms with Crippen molar-refractivity contribution in [2.24, 2.45) is 7.05 Å². The van der Waals surface area contributed by atoms with Crippen LogP contribution < -0.4 is 4.74 Å². The van der Waals surface area contributed by atoms with E-state index in [1.54, 1.807) is 37.7 Å². The van der Waals surface area contributed by atoms with Gasteiger partial charge in [-0.15, -0.1) is 10.2 Å². The third-order valence-electron chi connectivity index (χ3n) is 2.96. The maximum absolute atomic E-state index is 12.5. The van der Waals surface area contributed by atoms with Crippen LogP contribution in [0.2, 0.25) is 0 Å². The molecule has 1 heterocycles. The lowest BCUT2D eigenvalue weighted by atomic mass is 10.1. The molecule has 0 aliphatic carbocycles. The fraction of sp³-hybridized carbons (Fsp3) is 0.357. The van der Waals surface area contributed by atoms with E-state index in [4.69, 9.17) is 4.74 Å². The van der Waals surface area contributed by atoms with Gasteiger partial charge < -0.3 is 9.30 Å². The minimum absolute atomic E-state index is 0.100. The van der Waals surface area contributed by atoms with Gasteiger partial charge in [0.2, 0.25) is 0 Å². The molecule has 0 N–H and O–H groups in total. The average molecular weight is 291 g/mol. The highest BCUT2D eigenvalue weighted by molar-refractivity contribution is 8.00. The number of Topliss-reactive ketones (excluding diaryl/α,β-unsaturated/α-hetero) is 1. The minimum Gasteiger partial charge on any atom is -0.497 e. The zero-order valence-electron chi connectivity index (χ0n) is 11.7. The van der Waals surface area contributed by atoms with Crippen molar-refractivity contribution >= 4 is 17.5 Å². The number of methoxy groups -OCH3 is 1. The van der Waals surface area contributed by atoms with Gasteiger partial charge in [-0.05, 0) is 30.7 Å². The number of aromatic nitrogens is 3. The van der Waals surface area contributed by atoms with Crippen molar-refractivity contribution < 1.29 is 9.53 Å². The molecule has 20 heavy (non-hydrogen) atoms. The van der Waals surface area contributed by atoms with Gasteiger partial charge in [-0.1, -0.05) is 18.7 Å². The van der Waals surface area contributed by atoms with Gasteiger partial charge in [0.05, 0.1) is 12.4 Å². The predicted molar refractivity (Wildman–Crippen MR) is 78.3 cm³/mol. The summed E-state index contributed by atoms with van der Waals surface area (Å²) >= 11 is 1.44. The summed E-state index contributed by atoms with van der Waals surface area (Å²) < 4.78 is 6.91. The molecule has 1 atom stereocenters. The molecule has 5 nitrogen and oxygen atoms in total. The van der Waals surface area contributed by atoms with Crippen molar-refractivity contribution in [3.8, 4) is 5.75 Å². The second-order valence-electron chi connectivity index (χ2n) is 4.33. The number of carbonyl (C=O) groups is 1. The highest BCUT2D eigenvalue weighted by atomic mass is 32.2. The van der Waals surface area contributed by atoms with E-state index in [0.717, 1.165) is 17.3 Å². The lowest BCUT2D eigenvalue weighted by Crippen LogP contribution is -2.17. The Morgan fingerprint density at radius 1 is 1.40 bits per heavy atom. The first kappa shape index (κ1) is 14.6. The molecule has 0 amide bonds. The molecular formula is C14H17N3O2S. The zero-order chi connectivity index (χ0) is 14.5. The molecule has 0 fully saturated rings. The Labute approximate surface area is 122 Å². The Balaban J connectivity index is 2.14. The van der Waals surface area contributed by atoms with E-state index in [1.807, 2.05) is 18.5 Å². The number of benzene rings is 1. The van der Waals surface area contributed by atoms with Crippen molar-refractivity contribution in [1.29, 1.82) is 0 Å². The van der Waals surface area contributed by atoms with Crippen LogP contribution in [0.4, 0.5) is 0 Å². The number of rotatable bonds is 6. The van der Waals surface area contributed by atoms with Crippen LogP contribution in [0.1, 0.15) is 23.7 Å². The summed E-state index contributed by atoms with van der Waals surface area (Å²) in [5.41, 5.74) is 0.687. The van der Waals surface area contributed by atoms with Gasteiger partial charge in [-0.25, -0.2) is 0 Å². The number of nitrogens with zero attached hydrogens (tertiary/aromatic N) is 3. The molecule has 0 aliphatic heterocycles. The van der Waals surface area contributed by atoms with Gasteiger partial charge in [0.15, 0.2) is 10.9 Å². The summed E-state index contributed by atoms with van der Waals surface area (Å²) in [5, 5.41) is 8.43. The molecule has 2 rings (SSSR count). The average Bonchev–Trinajstić information content (AvgIpc) is 2.89. The Kier molecular flexibility index (Phi) is 4.79. The van der Waals surface area contributed by atoms with Crippen LogP contribution in [0.25, 0.3) is 0 Å². The number of thioether (sulfide) groups is 1. The van der Waals surface area contributed by atoms with Crippen LogP contribution in [0, 0.1) is 0 Å². The van der Waals surface area contributed by atoms with E-state index in [2.05, 4.69) is 10.2 Å². The monoisotopic (exact) mass is 291 g/mol. The number of carbonyl (C=O) groups excluding carboxylic acids is 1. The fourth-order valence-electron chi connectivity index (χ4n) is 1.77. The van der Waals surface area contributed by atoms with Gasteiger partial charge in [-0.2, -0.15) is 0 Å². The fourth-order valence-corrected chi connectivity index (χ4v) is 2.74. The predicted octanol–water partition coefficient (Wildman–Crippen LogP) is 2.58. The van der Waals surface area contributed by atoms with E-state index >= 15 is 0 Å². The number of hydrogen-bond donors (Lipinski definition) is 0. The van der Waals surface area contributed by atoms with E-state index in [-0.39, 0.29) is 11.0 Å². The van der Waals surface area contributed by atoms with Crippen LogP contribution in [-0.4, -0.2) is 32.9 Å². The molecule has 0 radical (unpaired) electrons. The van der Waals surface area contributed by atoms with Crippen LogP contribution in [-0.2, 0) is 7.05 Å². The van der Waals surface area contributed by atoms with Crippen molar-refractivity contribution in [1.82, 2.24) is 14.8 Å². The summed E-state index contributed by atoms with van der Waals surface area (Å²) in [4.78, 5) is 12.5. The van der Waals surface area contributed by atoms with Gasteiger partial charge in [0.1, 0.15) is 12.1 Å². The van der Waals surface area contributed by atoms with Crippen LogP contribution in [0.5, 0.6) is 5.75 Å². The zero-order valence-corrected chi connectivity index (χ0v) is 12.6. The summed E-state index contributed by atoms with van der Waals surface area (Å²) in [6.07, 6.45) is 2.37. The largest absolute Gasteiger partial charge is 0.497 e. The van der Waals surface area contributed by atoms with E-state index in [1.165, 1.54) is 11.8 Å². The summed E-state index contributed by atoms with van der Waals surface area (Å²) in [6, 6.07) is 7.18. The summed E-state index contributed by atoms with van der Waals surface area (Å²) in [7, 11) is 3.47. The Morgan fingerprint density at radius 2 is 2.10 bits per heavy atom. The highest BCUT2D eigenvalue weighted by Crippen LogP contribution is 2.26. The molecule has 1 aromatic carbocycles. The second-order valence-corrected chi connectivity index (χ2v) is 5.50. The molecule has 1 aromatic heterocycles. The first-order valence-electron chi connectivity index (χ1n) is 6.34. The first-order chi connectivity index (χ1) is 9.65. The van der Waals surface area contributed by atoms with Gasteiger partial charge in [0.25, 0.3) is 0 Å². The van der Waals surface area contributed by atoms with E-state index < -0.39 is 0 Å². The highest BCUT2D eigenvalue weighted by Gasteiger charge is 2.21. The molecule has 2 aromatic rings. The smallest absolute Gasteiger partial charge is 0.191 e. The van der Waals surface area contributed by atoms with E-state index in [0.29, 0.717) is 5.56 Å². The van der Waals surface area contributed by atoms with Crippen molar-refractivity contribution in [2.75, 3.05) is 7.11 Å². The SMILES string of the molecule is CCC(Sc1nncn1C)C(=O)c1ccc(OC)cc1.